The van der Waals surface area contributed by atoms with Crippen molar-refractivity contribution >= 4 is 11.6 Å². The summed E-state index contributed by atoms with van der Waals surface area (Å²) in [6.45, 7) is 3.93. The second-order valence-corrected chi connectivity index (χ2v) is 3.64. The third kappa shape index (κ3) is 3.67. The van der Waals surface area contributed by atoms with Crippen LogP contribution in [0, 0.1) is 6.92 Å². The second-order valence-electron chi connectivity index (χ2n) is 3.64. The van der Waals surface area contributed by atoms with Crippen molar-refractivity contribution < 1.29 is 4.79 Å². The predicted octanol–water partition coefficient (Wildman–Crippen LogP) is 1.46. The molecule has 0 unspecified atom stereocenters. The molecule has 15 heavy (non-hydrogen) atoms. The van der Waals surface area contributed by atoms with E-state index in [4.69, 9.17) is 5.73 Å². The molecule has 1 heterocycles. The van der Waals surface area contributed by atoms with Gasteiger partial charge >= 0.3 is 0 Å². The van der Waals surface area contributed by atoms with Crippen LogP contribution in [-0.4, -0.2) is 16.9 Å². The molecule has 1 aromatic heterocycles. The van der Waals surface area contributed by atoms with Gasteiger partial charge in [0.25, 0.3) is 0 Å². The van der Waals surface area contributed by atoms with Crippen LogP contribution in [0.25, 0.3) is 0 Å². The fourth-order valence-corrected chi connectivity index (χ4v) is 1.30. The average Bonchev–Trinajstić information content (AvgIpc) is 2.18. The van der Waals surface area contributed by atoms with Gasteiger partial charge in [-0.3, -0.25) is 9.78 Å². The first kappa shape index (κ1) is 11.7. The molecule has 0 saturated heterocycles. The molecule has 0 aliphatic heterocycles. The highest BCUT2D eigenvalue weighted by Gasteiger charge is 2.12. The van der Waals surface area contributed by atoms with Crippen molar-refractivity contribution in [2.75, 3.05) is 5.32 Å². The first-order valence-corrected chi connectivity index (χ1v) is 5.11. The van der Waals surface area contributed by atoms with Crippen LogP contribution in [0.15, 0.2) is 18.5 Å². The summed E-state index contributed by atoms with van der Waals surface area (Å²) in [6.07, 6.45) is 4.96. The summed E-state index contributed by atoms with van der Waals surface area (Å²) in [4.78, 5) is 15.5. The Bertz CT molecular complexity index is 338. The summed E-state index contributed by atoms with van der Waals surface area (Å²) in [5.74, 6) is -0.149. The van der Waals surface area contributed by atoms with Crippen molar-refractivity contribution in [1.29, 1.82) is 0 Å². The number of pyridine rings is 1. The van der Waals surface area contributed by atoms with Crippen LogP contribution in [-0.2, 0) is 4.79 Å². The van der Waals surface area contributed by atoms with Gasteiger partial charge in [-0.2, -0.15) is 0 Å². The van der Waals surface area contributed by atoms with Gasteiger partial charge in [-0.05, 0) is 25.0 Å². The van der Waals surface area contributed by atoms with Gasteiger partial charge in [0.1, 0.15) is 0 Å². The maximum Gasteiger partial charge on any atom is 0.241 e. The number of carbonyl (C=O) groups is 1. The van der Waals surface area contributed by atoms with Crippen LogP contribution in [0.1, 0.15) is 25.3 Å². The van der Waals surface area contributed by atoms with Gasteiger partial charge in [-0.15, -0.1) is 0 Å². The van der Waals surface area contributed by atoms with E-state index in [1.54, 1.807) is 12.4 Å². The van der Waals surface area contributed by atoms with E-state index in [9.17, 15) is 4.79 Å². The number of aryl methyl sites for hydroxylation is 1. The zero-order valence-corrected chi connectivity index (χ0v) is 9.16. The highest BCUT2D eigenvalue weighted by atomic mass is 16.2. The molecule has 1 amide bonds. The number of aromatic nitrogens is 1. The minimum Gasteiger partial charge on any atom is -0.323 e. The van der Waals surface area contributed by atoms with Gasteiger partial charge in [0.15, 0.2) is 0 Å². The molecule has 3 N–H and O–H groups in total. The Morgan fingerprint density at radius 1 is 1.60 bits per heavy atom. The largest absolute Gasteiger partial charge is 0.323 e. The smallest absolute Gasteiger partial charge is 0.241 e. The number of nitrogens with one attached hydrogen (secondary N) is 1. The number of hydrogen-bond acceptors (Lipinski definition) is 3. The topological polar surface area (TPSA) is 68.0 Å². The maximum atomic E-state index is 11.5. The molecule has 0 radical (unpaired) electrons. The Kier molecular flexibility index (Phi) is 4.24. The average molecular weight is 207 g/mol. The molecule has 1 aromatic rings. The highest BCUT2D eigenvalue weighted by molar-refractivity contribution is 5.94. The third-order valence-electron chi connectivity index (χ3n) is 2.08. The molecule has 4 nitrogen and oxygen atoms in total. The Morgan fingerprint density at radius 2 is 2.33 bits per heavy atom. The van der Waals surface area contributed by atoms with Crippen LogP contribution in [0.2, 0.25) is 0 Å². The van der Waals surface area contributed by atoms with Crippen molar-refractivity contribution in [3.05, 3.63) is 24.0 Å². The fraction of sp³-hybridized carbons (Fsp3) is 0.455. The molecule has 4 heteroatoms. The van der Waals surface area contributed by atoms with Crippen molar-refractivity contribution in [3.8, 4) is 0 Å². The van der Waals surface area contributed by atoms with Crippen molar-refractivity contribution in [2.45, 2.75) is 32.7 Å². The standard InChI is InChI=1S/C11H17N3O/c1-3-4-10(12)11(15)14-9-5-8(2)6-13-7-9/h5-7,10H,3-4,12H2,1-2H3,(H,14,15)/t10-/m1/s1. The number of nitrogens with zero attached hydrogens (tertiary/aromatic N) is 1. The van der Waals surface area contributed by atoms with E-state index >= 15 is 0 Å². The zero-order chi connectivity index (χ0) is 11.3. The molecule has 0 bridgehead atoms. The van der Waals surface area contributed by atoms with E-state index in [2.05, 4.69) is 10.3 Å². The Labute approximate surface area is 89.9 Å². The van der Waals surface area contributed by atoms with Gasteiger partial charge in [0, 0.05) is 6.20 Å². The van der Waals surface area contributed by atoms with Gasteiger partial charge in [0.2, 0.25) is 5.91 Å². The SMILES string of the molecule is CCC[C@@H](N)C(=O)Nc1cncc(C)c1. The first-order chi connectivity index (χ1) is 7.13. The van der Waals surface area contributed by atoms with Gasteiger partial charge in [-0.25, -0.2) is 0 Å². The molecule has 0 spiro atoms. The monoisotopic (exact) mass is 207 g/mol. The van der Waals surface area contributed by atoms with Crippen molar-refractivity contribution in [1.82, 2.24) is 4.98 Å². The Balaban J connectivity index is 2.58. The summed E-state index contributed by atoms with van der Waals surface area (Å²) >= 11 is 0. The lowest BCUT2D eigenvalue weighted by atomic mass is 10.1. The van der Waals surface area contributed by atoms with Crippen molar-refractivity contribution in [2.24, 2.45) is 5.73 Å². The van der Waals surface area contributed by atoms with Crippen LogP contribution in [0.5, 0.6) is 0 Å². The molecule has 0 saturated carbocycles. The van der Waals surface area contributed by atoms with Gasteiger partial charge in [-0.1, -0.05) is 13.3 Å². The number of anilines is 1. The number of amides is 1. The van der Waals surface area contributed by atoms with Crippen LogP contribution in [0.4, 0.5) is 5.69 Å². The lowest BCUT2D eigenvalue weighted by Crippen LogP contribution is -2.35. The first-order valence-electron chi connectivity index (χ1n) is 5.11. The molecular formula is C11H17N3O. The summed E-state index contributed by atoms with van der Waals surface area (Å²) in [6, 6.07) is 1.43. The number of rotatable bonds is 4. The summed E-state index contributed by atoms with van der Waals surface area (Å²) in [5.41, 5.74) is 7.39. The molecule has 0 fully saturated rings. The van der Waals surface area contributed by atoms with E-state index in [1.807, 2.05) is 19.9 Å². The van der Waals surface area contributed by atoms with Crippen molar-refractivity contribution in [3.63, 3.8) is 0 Å². The number of hydrogen-bond donors (Lipinski definition) is 2. The number of carbonyl (C=O) groups excluding carboxylic acids is 1. The highest BCUT2D eigenvalue weighted by Crippen LogP contribution is 2.08. The predicted molar refractivity (Wildman–Crippen MR) is 60.5 cm³/mol. The lowest BCUT2D eigenvalue weighted by molar-refractivity contribution is -0.117. The molecule has 1 atom stereocenters. The molecule has 0 aromatic carbocycles. The van der Waals surface area contributed by atoms with Crippen LogP contribution in [0.3, 0.4) is 0 Å². The molecule has 1 rings (SSSR count). The fourth-order valence-electron chi connectivity index (χ4n) is 1.30. The quantitative estimate of drug-likeness (QED) is 0.785. The third-order valence-corrected chi connectivity index (χ3v) is 2.08. The van der Waals surface area contributed by atoms with Gasteiger partial charge < -0.3 is 11.1 Å². The zero-order valence-electron chi connectivity index (χ0n) is 9.16. The summed E-state index contributed by atoms with van der Waals surface area (Å²) < 4.78 is 0. The lowest BCUT2D eigenvalue weighted by Gasteiger charge is -2.10. The van der Waals surface area contributed by atoms with E-state index < -0.39 is 6.04 Å². The number of nitrogens with two attached hydrogens (primary N) is 1. The Morgan fingerprint density at radius 3 is 2.93 bits per heavy atom. The minimum atomic E-state index is -0.435. The Hall–Kier alpha value is -1.42. The van der Waals surface area contributed by atoms with Crippen LogP contribution < -0.4 is 11.1 Å². The van der Waals surface area contributed by atoms with E-state index in [1.165, 1.54) is 0 Å². The minimum absolute atomic E-state index is 0.149. The second kappa shape index (κ2) is 5.46. The normalized spacial score (nSPS) is 12.2. The van der Waals surface area contributed by atoms with Crippen LogP contribution >= 0.6 is 0 Å². The molecule has 0 aliphatic rings. The van der Waals surface area contributed by atoms with E-state index in [0.717, 1.165) is 12.0 Å². The summed E-state index contributed by atoms with van der Waals surface area (Å²) in [5, 5.41) is 2.74. The summed E-state index contributed by atoms with van der Waals surface area (Å²) in [7, 11) is 0. The van der Waals surface area contributed by atoms with E-state index in [-0.39, 0.29) is 5.91 Å². The molecule has 0 aliphatic carbocycles. The van der Waals surface area contributed by atoms with Gasteiger partial charge in [0.05, 0.1) is 17.9 Å². The molecule has 82 valence electrons. The maximum absolute atomic E-state index is 11.5. The van der Waals surface area contributed by atoms with E-state index in [0.29, 0.717) is 12.1 Å². The molecular weight excluding hydrogens is 190 g/mol.